The Balaban J connectivity index is 0.00000338. The smallest absolute Gasteiger partial charge is 0.191 e. The normalized spacial score (nSPS) is 16.7. The molecule has 2 rings (SSSR count). The summed E-state index contributed by atoms with van der Waals surface area (Å²) >= 11 is 0. The van der Waals surface area contributed by atoms with E-state index in [0.717, 1.165) is 32.0 Å². The summed E-state index contributed by atoms with van der Waals surface area (Å²) in [6.07, 6.45) is 2.43. The molecule has 1 aromatic rings. The lowest BCUT2D eigenvalue weighted by molar-refractivity contribution is 0.274. The maximum Gasteiger partial charge on any atom is 0.191 e. The van der Waals surface area contributed by atoms with Gasteiger partial charge in [0.15, 0.2) is 5.96 Å². The van der Waals surface area contributed by atoms with Crippen LogP contribution in [0, 0.1) is 6.92 Å². The van der Waals surface area contributed by atoms with Crippen LogP contribution in [0.4, 0.5) is 0 Å². The van der Waals surface area contributed by atoms with Crippen LogP contribution in [0.15, 0.2) is 29.3 Å². The van der Waals surface area contributed by atoms with Gasteiger partial charge in [0.25, 0.3) is 0 Å². The maximum absolute atomic E-state index is 4.70. The highest BCUT2D eigenvalue weighted by molar-refractivity contribution is 14.0. The topological polar surface area (TPSA) is 42.9 Å². The molecule has 1 aliphatic rings. The molecule has 6 heteroatoms. The largest absolute Gasteiger partial charge is 0.357 e. The molecule has 0 unspecified atom stereocenters. The first-order valence-electron chi connectivity index (χ1n) is 9.66. The van der Waals surface area contributed by atoms with Crippen LogP contribution in [0.2, 0.25) is 0 Å². The van der Waals surface area contributed by atoms with Gasteiger partial charge in [-0.15, -0.1) is 24.0 Å². The van der Waals surface area contributed by atoms with E-state index < -0.39 is 0 Å². The molecule has 1 fully saturated rings. The molecule has 148 valence electrons. The van der Waals surface area contributed by atoms with Crippen molar-refractivity contribution >= 4 is 29.9 Å². The monoisotopic (exact) mass is 473 g/mol. The minimum atomic E-state index is 0. The molecule has 0 saturated carbocycles. The van der Waals surface area contributed by atoms with Crippen LogP contribution in [0.25, 0.3) is 0 Å². The van der Waals surface area contributed by atoms with E-state index in [1.54, 1.807) is 0 Å². The molecule has 1 heterocycles. The second-order valence-corrected chi connectivity index (χ2v) is 6.96. The summed E-state index contributed by atoms with van der Waals surface area (Å²) in [7, 11) is 2.22. The third-order valence-electron chi connectivity index (χ3n) is 4.64. The highest BCUT2D eigenvalue weighted by Crippen LogP contribution is 2.04. The van der Waals surface area contributed by atoms with Crippen molar-refractivity contribution in [1.82, 2.24) is 20.4 Å². The summed E-state index contributed by atoms with van der Waals surface area (Å²) in [5.41, 5.74) is 2.54. The second kappa shape index (κ2) is 13.3. The van der Waals surface area contributed by atoms with Gasteiger partial charge in [-0.2, -0.15) is 0 Å². The van der Waals surface area contributed by atoms with Crippen LogP contribution < -0.4 is 10.6 Å². The average Bonchev–Trinajstić information content (AvgIpc) is 2.82. The lowest BCUT2D eigenvalue weighted by atomic mass is 10.1. The van der Waals surface area contributed by atoms with Gasteiger partial charge in [0, 0.05) is 26.2 Å². The standard InChI is InChI=1S/C20H35N5.HI/c1-4-21-20(23-17-19-9-7-18(2)8-10-19)22-11-5-13-25-14-6-12-24(3)15-16-25;/h7-10H,4-6,11-17H2,1-3H3,(H2,21,22,23);1H. The number of rotatable bonds is 7. The third kappa shape index (κ3) is 9.19. The Kier molecular flexibility index (Phi) is 11.9. The van der Waals surface area contributed by atoms with Gasteiger partial charge in [-0.25, -0.2) is 4.99 Å². The Morgan fingerprint density at radius 2 is 1.85 bits per heavy atom. The summed E-state index contributed by atoms with van der Waals surface area (Å²) in [6.45, 7) is 12.8. The SMILES string of the molecule is CCNC(=NCc1ccc(C)cc1)NCCCN1CCCN(C)CC1.I. The van der Waals surface area contributed by atoms with Crippen molar-refractivity contribution in [3.05, 3.63) is 35.4 Å². The van der Waals surface area contributed by atoms with Crippen LogP contribution >= 0.6 is 24.0 Å². The van der Waals surface area contributed by atoms with Crippen LogP contribution in [-0.4, -0.2) is 68.6 Å². The first kappa shape index (κ1) is 23.2. The van der Waals surface area contributed by atoms with Gasteiger partial charge in [0.2, 0.25) is 0 Å². The van der Waals surface area contributed by atoms with E-state index in [-0.39, 0.29) is 24.0 Å². The number of aliphatic imine (C=N–C) groups is 1. The Hall–Kier alpha value is -0.860. The van der Waals surface area contributed by atoms with Crippen molar-refractivity contribution in [3.8, 4) is 0 Å². The second-order valence-electron chi connectivity index (χ2n) is 6.96. The zero-order valence-electron chi connectivity index (χ0n) is 16.6. The molecule has 0 spiro atoms. The molecular weight excluding hydrogens is 437 g/mol. The van der Waals surface area contributed by atoms with Gasteiger partial charge in [-0.05, 0) is 58.9 Å². The molecule has 1 saturated heterocycles. The number of aryl methyl sites for hydroxylation is 1. The molecule has 0 bridgehead atoms. The predicted octanol–water partition coefficient (Wildman–Crippen LogP) is 2.70. The summed E-state index contributed by atoms with van der Waals surface area (Å²) in [6, 6.07) is 8.59. The number of hydrogen-bond donors (Lipinski definition) is 2. The summed E-state index contributed by atoms with van der Waals surface area (Å²) in [4.78, 5) is 9.71. The van der Waals surface area contributed by atoms with Gasteiger partial charge in [0.05, 0.1) is 6.54 Å². The van der Waals surface area contributed by atoms with E-state index in [1.165, 1.54) is 43.7 Å². The molecule has 26 heavy (non-hydrogen) atoms. The third-order valence-corrected chi connectivity index (χ3v) is 4.64. The van der Waals surface area contributed by atoms with Crippen molar-refractivity contribution < 1.29 is 0 Å². The van der Waals surface area contributed by atoms with Gasteiger partial charge in [0.1, 0.15) is 0 Å². The van der Waals surface area contributed by atoms with E-state index >= 15 is 0 Å². The van der Waals surface area contributed by atoms with Crippen LogP contribution in [0.1, 0.15) is 30.9 Å². The number of guanidine groups is 1. The summed E-state index contributed by atoms with van der Waals surface area (Å²) in [5.74, 6) is 0.915. The molecular formula is C20H36IN5. The van der Waals surface area contributed by atoms with E-state index in [9.17, 15) is 0 Å². The van der Waals surface area contributed by atoms with Crippen LogP contribution in [-0.2, 0) is 6.54 Å². The molecule has 0 aliphatic carbocycles. The van der Waals surface area contributed by atoms with Gasteiger partial charge in [-0.1, -0.05) is 29.8 Å². The molecule has 2 N–H and O–H groups in total. The lowest BCUT2D eigenvalue weighted by Gasteiger charge is -2.20. The Labute approximate surface area is 176 Å². The number of hydrogen-bond acceptors (Lipinski definition) is 3. The highest BCUT2D eigenvalue weighted by Gasteiger charge is 2.11. The number of likely N-dealkylation sites (N-methyl/N-ethyl adjacent to an activating group) is 1. The van der Waals surface area contributed by atoms with Crippen molar-refractivity contribution in [3.63, 3.8) is 0 Å². The fourth-order valence-corrected chi connectivity index (χ4v) is 3.04. The fraction of sp³-hybridized carbons (Fsp3) is 0.650. The van der Waals surface area contributed by atoms with Crippen molar-refractivity contribution in [2.24, 2.45) is 4.99 Å². The molecule has 1 aromatic carbocycles. The van der Waals surface area contributed by atoms with Crippen molar-refractivity contribution in [2.75, 3.05) is 52.9 Å². The van der Waals surface area contributed by atoms with E-state index in [2.05, 4.69) is 65.6 Å². The van der Waals surface area contributed by atoms with E-state index in [4.69, 9.17) is 4.99 Å². The Bertz CT molecular complexity index is 517. The minimum absolute atomic E-state index is 0. The maximum atomic E-state index is 4.70. The number of nitrogens with zero attached hydrogens (tertiary/aromatic N) is 3. The lowest BCUT2D eigenvalue weighted by Crippen LogP contribution is -2.39. The summed E-state index contributed by atoms with van der Waals surface area (Å²) in [5, 5.41) is 6.81. The molecule has 5 nitrogen and oxygen atoms in total. The fourth-order valence-electron chi connectivity index (χ4n) is 3.04. The first-order valence-corrected chi connectivity index (χ1v) is 9.66. The highest BCUT2D eigenvalue weighted by atomic mass is 127. The number of benzene rings is 1. The molecule has 0 atom stereocenters. The number of halogens is 1. The minimum Gasteiger partial charge on any atom is -0.357 e. The van der Waals surface area contributed by atoms with E-state index in [1.807, 2.05) is 0 Å². The van der Waals surface area contributed by atoms with Crippen LogP contribution in [0.5, 0.6) is 0 Å². The Morgan fingerprint density at radius 1 is 1.08 bits per heavy atom. The zero-order valence-corrected chi connectivity index (χ0v) is 19.0. The quantitative estimate of drug-likeness (QED) is 0.277. The molecule has 0 aromatic heterocycles. The first-order chi connectivity index (χ1) is 12.2. The van der Waals surface area contributed by atoms with Crippen molar-refractivity contribution in [2.45, 2.75) is 33.2 Å². The Morgan fingerprint density at radius 3 is 2.58 bits per heavy atom. The van der Waals surface area contributed by atoms with Gasteiger partial charge >= 0.3 is 0 Å². The predicted molar refractivity (Wildman–Crippen MR) is 123 cm³/mol. The number of nitrogens with one attached hydrogen (secondary N) is 2. The zero-order chi connectivity index (χ0) is 17.9. The average molecular weight is 473 g/mol. The van der Waals surface area contributed by atoms with Crippen LogP contribution in [0.3, 0.4) is 0 Å². The van der Waals surface area contributed by atoms with Gasteiger partial charge in [-0.3, -0.25) is 0 Å². The molecule has 1 aliphatic heterocycles. The molecule has 0 radical (unpaired) electrons. The van der Waals surface area contributed by atoms with Gasteiger partial charge < -0.3 is 20.4 Å². The van der Waals surface area contributed by atoms with Crippen molar-refractivity contribution in [1.29, 1.82) is 0 Å². The molecule has 0 amide bonds. The van der Waals surface area contributed by atoms with E-state index in [0.29, 0.717) is 6.54 Å². The summed E-state index contributed by atoms with van der Waals surface area (Å²) < 4.78 is 0.